The smallest absolute Gasteiger partial charge is 0.329 e. The lowest BCUT2D eigenvalue weighted by atomic mass is 10.2. The first-order chi connectivity index (χ1) is 7.22. The van der Waals surface area contributed by atoms with Gasteiger partial charge in [-0.15, -0.1) is 0 Å². The second-order valence-corrected chi connectivity index (χ2v) is 3.07. The molecule has 0 aliphatic heterocycles. The van der Waals surface area contributed by atoms with E-state index < -0.39 is 6.03 Å². The number of urea groups is 1. The summed E-state index contributed by atoms with van der Waals surface area (Å²) < 4.78 is 5.40. The molecule has 1 aromatic carbocycles. The van der Waals surface area contributed by atoms with Crippen molar-refractivity contribution in [2.24, 2.45) is 5.84 Å². The summed E-state index contributed by atoms with van der Waals surface area (Å²) in [6, 6.07) is 7.30. The summed E-state index contributed by atoms with van der Waals surface area (Å²) in [5.74, 6) is 5.68. The monoisotopic (exact) mass is 209 g/mol. The number of aryl methyl sites for hydroxylation is 1. The Morgan fingerprint density at radius 3 is 3.00 bits per heavy atom. The van der Waals surface area contributed by atoms with E-state index in [2.05, 4.69) is 5.32 Å². The summed E-state index contributed by atoms with van der Waals surface area (Å²) >= 11 is 0. The standard InChI is InChI=1S/C10H15N3O2/c1-8-3-2-4-9(7-8)15-6-5-12-10(14)13-11/h2-4,7H,5-6,11H2,1H3,(H2,12,13,14). The van der Waals surface area contributed by atoms with Crippen LogP contribution in [0.4, 0.5) is 4.79 Å². The first-order valence-electron chi connectivity index (χ1n) is 4.66. The van der Waals surface area contributed by atoms with Crippen molar-refractivity contribution < 1.29 is 9.53 Å². The molecular formula is C10H15N3O2. The third kappa shape index (κ3) is 4.33. The van der Waals surface area contributed by atoms with Gasteiger partial charge in [0.2, 0.25) is 0 Å². The molecule has 4 N–H and O–H groups in total. The number of hydrazine groups is 1. The van der Waals surface area contributed by atoms with Crippen LogP contribution in [0, 0.1) is 6.92 Å². The number of hydrogen-bond acceptors (Lipinski definition) is 3. The van der Waals surface area contributed by atoms with Crippen LogP contribution in [-0.4, -0.2) is 19.2 Å². The van der Waals surface area contributed by atoms with Crippen LogP contribution in [0.1, 0.15) is 5.56 Å². The highest BCUT2D eigenvalue weighted by atomic mass is 16.5. The van der Waals surface area contributed by atoms with Crippen LogP contribution in [0.5, 0.6) is 5.75 Å². The SMILES string of the molecule is Cc1cccc(OCCNC(=O)NN)c1. The zero-order valence-corrected chi connectivity index (χ0v) is 8.62. The number of nitrogens with two attached hydrogens (primary N) is 1. The number of benzene rings is 1. The van der Waals surface area contributed by atoms with E-state index in [1.807, 2.05) is 36.6 Å². The van der Waals surface area contributed by atoms with Gasteiger partial charge in [-0.05, 0) is 24.6 Å². The lowest BCUT2D eigenvalue weighted by Gasteiger charge is -2.07. The van der Waals surface area contributed by atoms with Crippen molar-refractivity contribution in [3.63, 3.8) is 0 Å². The lowest BCUT2D eigenvalue weighted by Crippen LogP contribution is -2.41. The molecule has 15 heavy (non-hydrogen) atoms. The molecule has 0 saturated heterocycles. The molecule has 0 fully saturated rings. The number of nitrogens with one attached hydrogen (secondary N) is 2. The number of amides is 2. The zero-order valence-electron chi connectivity index (χ0n) is 8.62. The number of ether oxygens (including phenoxy) is 1. The molecule has 0 spiro atoms. The Bertz CT molecular complexity index is 328. The number of carbonyl (C=O) groups excluding carboxylic acids is 1. The average molecular weight is 209 g/mol. The van der Waals surface area contributed by atoms with Crippen LogP contribution in [0.25, 0.3) is 0 Å². The van der Waals surface area contributed by atoms with Crippen LogP contribution in [0.2, 0.25) is 0 Å². The van der Waals surface area contributed by atoms with Gasteiger partial charge in [-0.1, -0.05) is 12.1 Å². The van der Waals surface area contributed by atoms with Crippen molar-refractivity contribution in [2.45, 2.75) is 6.92 Å². The molecule has 0 aliphatic carbocycles. The lowest BCUT2D eigenvalue weighted by molar-refractivity contribution is 0.236. The number of hydrogen-bond donors (Lipinski definition) is 3. The van der Waals surface area contributed by atoms with Gasteiger partial charge in [-0.25, -0.2) is 10.6 Å². The minimum atomic E-state index is -0.414. The Morgan fingerprint density at radius 2 is 2.33 bits per heavy atom. The highest BCUT2D eigenvalue weighted by Gasteiger charge is 1.96. The van der Waals surface area contributed by atoms with Crippen molar-refractivity contribution in [3.05, 3.63) is 29.8 Å². The van der Waals surface area contributed by atoms with E-state index in [1.54, 1.807) is 0 Å². The highest BCUT2D eigenvalue weighted by molar-refractivity contribution is 5.72. The average Bonchev–Trinajstić information content (AvgIpc) is 2.24. The fourth-order valence-electron chi connectivity index (χ4n) is 1.09. The Morgan fingerprint density at radius 1 is 1.53 bits per heavy atom. The molecule has 82 valence electrons. The molecule has 1 rings (SSSR count). The molecule has 2 amide bonds. The first kappa shape index (κ1) is 11.3. The molecule has 0 aromatic heterocycles. The van der Waals surface area contributed by atoms with E-state index in [-0.39, 0.29) is 0 Å². The van der Waals surface area contributed by atoms with Crippen LogP contribution in [0.3, 0.4) is 0 Å². The van der Waals surface area contributed by atoms with E-state index in [0.29, 0.717) is 13.2 Å². The van der Waals surface area contributed by atoms with Crippen molar-refractivity contribution in [1.29, 1.82) is 0 Å². The van der Waals surface area contributed by atoms with Gasteiger partial charge in [-0.3, -0.25) is 5.43 Å². The quantitative estimate of drug-likeness (QED) is 0.293. The van der Waals surface area contributed by atoms with Crippen molar-refractivity contribution >= 4 is 6.03 Å². The molecular weight excluding hydrogens is 194 g/mol. The maximum Gasteiger partial charge on any atom is 0.329 e. The fraction of sp³-hybridized carbons (Fsp3) is 0.300. The minimum absolute atomic E-state index is 0.414. The Labute approximate surface area is 88.6 Å². The first-order valence-corrected chi connectivity index (χ1v) is 4.66. The summed E-state index contributed by atoms with van der Waals surface area (Å²) in [5.41, 5.74) is 3.11. The maximum atomic E-state index is 10.7. The molecule has 0 bridgehead atoms. The van der Waals surface area contributed by atoms with Gasteiger partial charge in [0, 0.05) is 0 Å². The van der Waals surface area contributed by atoms with Crippen molar-refractivity contribution in [2.75, 3.05) is 13.2 Å². The number of carbonyl (C=O) groups is 1. The van der Waals surface area contributed by atoms with E-state index in [0.717, 1.165) is 11.3 Å². The maximum absolute atomic E-state index is 10.7. The zero-order chi connectivity index (χ0) is 11.1. The second kappa shape index (κ2) is 5.87. The summed E-state index contributed by atoms with van der Waals surface area (Å²) in [7, 11) is 0. The van der Waals surface area contributed by atoms with Gasteiger partial charge < -0.3 is 10.1 Å². The van der Waals surface area contributed by atoms with Gasteiger partial charge >= 0.3 is 6.03 Å². The van der Waals surface area contributed by atoms with Crippen molar-refractivity contribution in [3.8, 4) is 5.75 Å². The normalized spacial score (nSPS) is 9.47. The number of rotatable bonds is 4. The highest BCUT2D eigenvalue weighted by Crippen LogP contribution is 2.11. The van der Waals surface area contributed by atoms with E-state index in [1.165, 1.54) is 0 Å². The van der Waals surface area contributed by atoms with Gasteiger partial charge in [-0.2, -0.15) is 0 Å². The Hall–Kier alpha value is -1.75. The predicted octanol–water partition coefficient (Wildman–Crippen LogP) is 0.547. The topological polar surface area (TPSA) is 76.4 Å². The van der Waals surface area contributed by atoms with Gasteiger partial charge in [0.15, 0.2) is 0 Å². The Kier molecular flexibility index (Phi) is 4.43. The second-order valence-electron chi connectivity index (χ2n) is 3.07. The van der Waals surface area contributed by atoms with Crippen LogP contribution >= 0.6 is 0 Å². The summed E-state index contributed by atoms with van der Waals surface area (Å²) in [4.78, 5) is 10.7. The molecule has 0 heterocycles. The summed E-state index contributed by atoms with van der Waals surface area (Å²) in [6.07, 6.45) is 0. The minimum Gasteiger partial charge on any atom is -0.492 e. The molecule has 0 aliphatic rings. The van der Waals surface area contributed by atoms with Crippen LogP contribution in [-0.2, 0) is 0 Å². The van der Waals surface area contributed by atoms with Gasteiger partial charge in [0.25, 0.3) is 0 Å². The molecule has 1 aromatic rings. The van der Waals surface area contributed by atoms with E-state index in [9.17, 15) is 4.79 Å². The van der Waals surface area contributed by atoms with E-state index >= 15 is 0 Å². The third-order valence-corrected chi connectivity index (χ3v) is 1.78. The summed E-state index contributed by atoms with van der Waals surface area (Å²) in [5, 5.41) is 2.52. The van der Waals surface area contributed by atoms with E-state index in [4.69, 9.17) is 10.6 Å². The third-order valence-electron chi connectivity index (χ3n) is 1.78. The Balaban J connectivity index is 2.23. The molecule has 5 nitrogen and oxygen atoms in total. The van der Waals surface area contributed by atoms with Gasteiger partial charge in [0.05, 0.1) is 6.54 Å². The largest absolute Gasteiger partial charge is 0.492 e. The molecule has 5 heteroatoms. The van der Waals surface area contributed by atoms with Gasteiger partial charge in [0.1, 0.15) is 12.4 Å². The van der Waals surface area contributed by atoms with Crippen LogP contribution < -0.4 is 21.3 Å². The molecule has 0 saturated carbocycles. The van der Waals surface area contributed by atoms with Crippen molar-refractivity contribution in [1.82, 2.24) is 10.7 Å². The molecule has 0 atom stereocenters. The molecule has 0 unspecified atom stereocenters. The predicted molar refractivity (Wildman–Crippen MR) is 57.4 cm³/mol. The van der Waals surface area contributed by atoms with Crippen LogP contribution in [0.15, 0.2) is 24.3 Å². The summed E-state index contributed by atoms with van der Waals surface area (Å²) in [6.45, 7) is 2.82. The molecule has 0 radical (unpaired) electrons. The fourth-order valence-corrected chi connectivity index (χ4v) is 1.09.